The molecule has 1 nitrogen and oxygen atoms in total. The van der Waals surface area contributed by atoms with Gasteiger partial charge in [-0.3, -0.25) is 0 Å². The van der Waals surface area contributed by atoms with Crippen molar-refractivity contribution in [2.45, 2.75) is 31.7 Å². The lowest BCUT2D eigenvalue weighted by Gasteiger charge is -2.14. The molecular formula is C13H18BrN. The van der Waals surface area contributed by atoms with Crippen molar-refractivity contribution >= 4 is 15.9 Å². The number of nitrogens with one attached hydrogen (secondary N) is 1. The van der Waals surface area contributed by atoms with Crippen molar-refractivity contribution in [3.63, 3.8) is 0 Å². The summed E-state index contributed by atoms with van der Waals surface area (Å²) in [6.45, 7) is 0. The van der Waals surface area contributed by atoms with Crippen molar-refractivity contribution in [2.24, 2.45) is 5.92 Å². The van der Waals surface area contributed by atoms with Crippen molar-refractivity contribution in [2.75, 3.05) is 7.05 Å². The van der Waals surface area contributed by atoms with Gasteiger partial charge in [-0.25, -0.2) is 0 Å². The molecule has 2 heteroatoms. The van der Waals surface area contributed by atoms with Gasteiger partial charge in [-0.05, 0) is 56.3 Å². The minimum absolute atomic E-state index is 0.730. The number of benzene rings is 1. The number of hydrogen-bond acceptors (Lipinski definition) is 1. The molecule has 2 rings (SSSR count). The first-order valence-corrected chi connectivity index (χ1v) is 6.50. The summed E-state index contributed by atoms with van der Waals surface area (Å²) in [6, 6.07) is 9.41. The fourth-order valence-corrected chi connectivity index (χ4v) is 2.35. The Morgan fingerprint density at radius 2 is 2.00 bits per heavy atom. The molecule has 1 atom stereocenters. The number of hydrogen-bond donors (Lipinski definition) is 1. The Labute approximate surface area is 100 Å². The zero-order valence-electron chi connectivity index (χ0n) is 9.17. The maximum Gasteiger partial charge on any atom is 0.0175 e. The maximum absolute atomic E-state index is 3.46. The minimum atomic E-state index is 0.730. The van der Waals surface area contributed by atoms with E-state index in [4.69, 9.17) is 0 Å². The Hall–Kier alpha value is -0.340. The molecule has 1 fully saturated rings. The van der Waals surface area contributed by atoms with Crippen molar-refractivity contribution in [1.29, 1.82) is 0 Å². The third kappa shape index (κ3) is 3.32. The first-order chi connectivity index (χ1) is 7.29. The average molecular weight is 268 g/mol. The summed E-state index contributed by atoms with van der Waals surface area (Å²) in [5.41, 5.74) is 1.44. The quantitative estimate of drug-likeness (QED) is 0.863. The lowest BCUT2D eigenvalue weighted by molar-refractivity contribution is 0.470. The van der Waals surface area contributed by atoms with E-state index in [0.717, 1.165) is 12.0 Å². The van der Waals surface area contributed by atoms with Crippen LogP contribution in [0.2, 0.25) is 0 Å². The van der Waals surface area contributed by atoms with Gasteiger partial charge in [0.25, 0.3) is 0 Å². The summed E-state index contributed by atoms with van der Waals surface area (Å²) in [4.78, 5) is 0. The van der Waals surface area contributed by atoms with Crippen LogP contribution in [0.25, 0.3) is 0 Å². The van der Waals surface area contributed by atoms with Crippen LogP contribution < -0.4 is 5.32 Å². The zero-order valence-corrected chi connectivity index (χ0v) is 10.8. The van der Waals surface area contributed by atoms with Crippen LogP contribution in [0.1, 0.15) is 24.8 Å². The number of halogens is 1. The zero-order chi connectivity index (χ0) is 10.7. The third-order valence-electron chi connectivity index (χ3n) is 3.22. The fourth-order valence-electron chi connectivity index (χ4n) is 2.09. The standard InChI is InChI=1S/C13H18BrN/c1-15-13(11-5-6-11)9-4-10-2-7-12(14)8-3-10/h2-3,7-8,11,13,15H,4-6,9H2,1H3. The fraction of sp³-hybridized carbons (Fsp3) is 0.538. The average Bonchev–Trinajstić information content (AvgIpc) is 3.06. The first-order valence-electron chi connectivity index (χ1n) is 5.71. The van der Waals surface area contributed by atoms with Crippen LogP contribution >= 0.6 is 15.9 Å². The minimum Gasteiger partial charge on any atom is -0.317 e. The highest BCUT2D eigenvalue weighted by molar-refractivity contribution is 9.10. The van der Waals surface area contributed by atoms with Crippen molar-refractivity contribution < 1.29 is 0 Å². The molecule has 0 spiro atoms. The highest BCUT2D eigenvalue weighted by Crippen LogP contribution is 2.34. The third-order valence-corrected chi connectivity index (χ3v) is 3.75. The topological polar surface area (TPSA) is 12.0 Å². The highest BCUT2D eigenvalue weighted by Gasteiger charge is 2.29. The molecule has 1 N–H and O–H groups in total. The van der Waals surface area contributed by atoms with Gasteiger partial charge in [0.05, 0.1) is 0 Å². The molecule has 0 saturated heterocycles. The van der Waals surface area contributed by atoms with E-state index >= 15 is 0 Å². The van der Waals surface area contributed by atoms with E-state index in [2.05, 4.69) is 52.6 Å². The van der Waals surface area contributed by atoms with Crippen LogP contribution in [0.15, 0.2) is 28.7 Å². The molecule has 1 aliphatic carbocycles. The van der Waals surface area contributed by atoms with E-state index in [0.29, 0.717) is 0 Å². The lowest BCUT2D eigenvalue weighted by atomic mass is 10.0. The lowest BCUT2D eigenvalue weighted by Crippen LogP contribution is -2.27. The Bertz CT molecular complexity index is 303. The molecule has 1 aliphatic rings. The number of rotatable bonds is 5. The van der Waals surface area contributed by atoms with Gasteiger partial charge >= 0.3 is 0 Å². The van der Waals surface area contributed by atoms with Crippen molar-refractivity contribution in [3.05, 3.63) is 34.3 Å². The molecule has 0 heterocycles. The van der Waals surface area contributed by atoms with Crippen LogP contribution in [-0.4, -0.2) is 13.1 Å². The monoisotopic (exact) mass is 267 g/mol. The SMILES string of the molecule is CNC(CCc1ccc(Br)cc1)C1CC1. The molecular weight excluding hydrogens is 250 g/mol. The van der Waals surface area contributed by atoms with Crippen molar-refractivity contribution in [3.8, 4) is 0 Å². The Morgan fingerprint density at radius 1 is 1.33 bits per heavy atom. The van der Waals surface area contributed by atoms with Gasteiger partial charge < -0.3 is 5.32 Å². The molecule has 0 aliphatic heterocycles. The molecule has 0 aromatic heterocycles. The van der Waals surface area contributed by atoms with E-state index in [9.17, 15) is 0 Å². The van der Waals surface area contributed by atoms with Gasteiger partial charge in [-0.1, -0.05) is 28.1 Å². The molecule has 15 heavy (non-hydrogen) atoms. The van der Waals surface area contributed by atoms with Gasteiger partial charge in [0.1, 0.15) is 0 Å². The van der Waals surface area contributed by atoms with E-state index in [1.54, 1.807) is 0 Å². The second kappa shape index (κ2) is 5.13. The Kier molecular flexibility index (Phi) is 3.81. The van der Waals surface area contributed by atoms with E-state index in [1.165, 1.54) is 35.7 Å². The molecule has 1 saturated carbocycles. The van der Waals surface area contributed by atoms with Crippen LogP contribution in [0.3, 0.4) is 0 Å². The molecule has 0 amide bonds. The summed E-state index contributed by atoms with van der Waals surface area (Å²) >= 11 is 3.46. The molecule has 0 bridgehead atoms. The summed E-state index contributed by atoms with van der Waals surface area (Å²) in [5.74, 6) is 0.949. The second-order valence-electron chi connectivity index (χ2n) is 4.40. The van der Waals surface area contributed by atoms with Gasteiger partial charge in [-0.15, -0.1) is 0 Å². The molecule has 1 aromatic rings. The highest BCUT2D eigenvalue weighted by atomic mass is 79.9. The van der Waals surface area contributed by atoms with Gasteiger partial charge in [0.2, 0.25) is 0 Å². The van der Waals surface area contributed by atoms with E-state index < -0.39 is 0 Å². The van der Waals surface area contributed by atoms with Crippen molar-refractivity contribution in [1.82, 2.24) is 5.32 Å². The van der Waals surface area contributed by atoms with Crippen LogP contribution in [-0.2, 0) is 6.42 Å². The summed E-state index contributed by atoms with van der Waals surface area (Å²) in [7, 11) is 2.09. The van der Waals surface area contributed by atoms with Crippen LogP contribution in [0, 0.1) is 5.92 Å². The molecule has 0 radical (unpaired) electrons. The van der Waals surface area contributed by atoms with Crippen LogP contribution in [0.4, 0.5) is 0 Å². The van der Waals surface area contributed by atoms with Gasteiger partial charge in [0, 0.05) is 10.5 Å². The van der Waals surface area contributed by atoms with E-state index in [1.807, 2.05) is 0 Å². The first kappa shape index (κ1) is 11.2. The smallest absolute Gasteiger partial charge is 0.0175 e. The second-order valence-corrected chi connectivity index (χ2v) is 5.31. The maximum atomic E-state index is 3.46. The predicted molar refractivity (Wildman–Crippen MR) is 68.0 cm³/mol. The largest absolute Gasteiger partial charge is 0.317 e. The molecule has 1 aromatic carbocycles. The predicted octanol–water partition coefficient (Wildman–Crippen LogP) is 3.38. The number of aryl methyl sites for hydroxylation is 1. The summed E-state index contributed by atoms with van der Waals surface area (Å²) in [5, 5.41) is 3.44. The summed E-state index contributed by atoms with van der Waals surface area (Å²) < 4.78 is 1.17. The molecule has 82 valence electrons. The van der Waals surface area contributed by atoms with Gasteiger partial charge in [-0.2, -0.15) is 0 Å². The summed E-state index contributed by atoms with van der Waals surface area (Å²) in [6.07, 6.45) is 5.30. The Morgan fingerprint density at radius 3 is 2.53 bits per heavy atom. The van der Waals surface area contributed by atoms with E-state index in [-0.39, 0.29) is 0 Å². The Balaban J connectivity index is 1.83. The van der Waals surface area contributed by atoms with Gasteiger partial charge in [0.15, 0.2) is 0 Å². The van der Waals surface area contributed by atoms with Crippen LogP contribution in [0.5, 0.6) is 0 Å². The normalized spacial score (nSPS) is 17.7. The molecule has 1 unspecified atom stereocenters.